The lowest BCUT2D eigenvalue weighted by molar-refractivity contribution is -0.696. The van der Waals surface area contributed by atoms with Crippen LogP contribution < -0.4 is 9.88 Å². The smallest absolute Gasteiger partial charge is 0.407 e. The molecule has 1 amide bonds. The number of ether oxygens (including phenoxy) is 1. The second-order valence-electron chi connectivity index (χ2n) is 8.52. The van der Waals surface area contributed by atoms with Gasteiger partial charge in [0.1, 0.15) is 12.4 Å². The van der Waals surface area contributed by atoms with E-state index in [0.29, 0.717) is 19.7 Å². The van der Waals surface area contributed by atoms with E-state index in [1.165, 1.54) is 44.6 Å². The molecule has 7 nitrogen and oxygen atoms in total. The number of carbonyl (C=O) groups excluding carboxylic acids is 2. The Morgan fingerprint density at radius 2 is 1.69 bits per heavy atom. The van der Waals surface area contributed by atoms with Crippen molar-refractivity contribution in [2.75, 3.05) is 19.7 Å². The van der Waals surface area contributed by atoms with Crippen LogP contribution in [0.4, 0.5) is 4.79 Å². The number of aliphatic imine (C=N–C) groups is 1. The molecule has 0 aromatic carbocycles. The Kier molecular flexibility index (Phi) is 18.1. The van der Waals surface area contributed by atoms with E-state index in [4.69, 9.17) is 4.74 Å². The Morgan fingerprint density at radius 3 is 2.53 bits per heavy atom. The molecule has 0 radical (unpaired) electrons. The topological polar surface area (TPSA) is 76.6 Å². The maximum absolute atomic E-state index is 11.6. The van der Waals surface area contributed by atoms with Gasteiger partial charge in [-0.3, -0.25) is 0 Å². The number of aromatic nitrogens is 2. The zero-order valence-corrected chi connectivity index (χ0v) is 20.2. The third-order valence-electron chi connectivity index (χ3n) is 5.59. The van der Waals surface area contributed by atoms with Crippen LogP contribution in [-0.4, -0.2) is 36.4 Å². The molecule has 1 N–H and O–H groups in total. The average Bonchev–Trinajstić information content (AvgIpc) is 3.25. The molecular weight excluding hydrogens is 404 g/mol. The second-order valence-corrected chi connectivity index (χ2v) is 8.52. The summed E-state index contributed by atoms with van der Waals surface area (Å²) < 4.78 is 9.80. The summed E-state index contributed by atoms with van der Waals surface area (Å²) in [6.45, 7) is 6.09. The molecule has 0 unspecified atom stereocenters. The van der Waals surface area contributed by atoms with Crippen molar-refractivity contribution in [2.24, 2.45) is 4.99 Å². The maximum Gasteiger partial charge on any atom is 0.407 e. The molecule has 0 atom stereocenters. The number of unbranched alkanes of at least 4 members (excludes halogenated alkanes) is 11. The summed E-state index contributed by atoms with van der Waals surface area (Å²) in [5, 5.41) is 2.79. The minimum absolute atomic E-state index is 0.321. The van der Waals surface area contributed by atoms with Crippen molar-refractivity contribution >= 4 is 12.2 Å². The summed E-state index contributed by atoms with van der Waals surface area (Å²) in [4.78, 5) is 25.1. The third-order valence-corrected chi connectivity index (χ3v) is 5.59. The molecule has 182 valence electrons. The van der Waals surface area contributed by atoms with Crippen molar-refractivity contribution in [1.29, 1.82) is 0 Å². The van der Waals surface area contributed by atoms with Gasteiger partial charge in [0.25, 0.3) is 0 Å². The summed E-state index contributed by atoms with van der Waals surface area (Å²) in [5.74, 6) is 0. The lowest BCUT2D eigenvalue weighted by atomic mass is 10.1. The van der Waals surface area contributed by atoms with Crippen LogP contribution in [0.15, 0.2) is 23.7 Å². The Bertz CT molecular complexity index is 626. The van der Waals surface area contributed by atoms with Gasteiger partial charge in [0, 0.05) is 6.54 Å². The van der Waals surface area contributed by atoms with Gasteiger partial charge in [-0.05, 0) is 51.4 Å². The minimum Gasteiger partial charge on any atom is -0.450 e. The van der Waals surface area contributed by atoms with Crippen molar-refractivity contribution in [1.82, 2.24) is 9.88 Å². The quantitative estimate of drug-likeness (QED) is 0.119. The predicted molar refractivity (Wildman–Crippen MR) is 127 cm³/mol. The summed E-state index contributed by atoms with van der Waals surface area (Å²) in [7, 11) is 0. The molecule has 1 aromatic rings. The number of hydrogen-bond donors (Lipinski definition) is 1. The molecule has 0 bridgehead atoms. The standard InChI is InChI=1S/C25H44N4O3/c1-2-3-4-5-8-13-18-28-20-21-29(24-28)19-14-9-10-15-22-32-25(31)27-17-12-7-6-11-16-26-23-30/h20-21,24H,2-19,22H2,1H3/p+1. The van der Waals surface area contributed by atoms with Crippen molar-refractivity contribution in [3.63, 3.8) is 0 Å². The molecule has 0 fully saturated rings. The highest BCUT2D eigenvalue weighted by atomic mass is 16.5. The first-order valence-electron chi connectivity index (χ1n) is 12.8. The zero-order valence-electron chi connectivity index (χ0n) is 20.2. The Morgan fingerprint density at radius 1 is 0.969 bits per heavy atom. The number of nitrogens with zero attached hydrogens (tertiary/aromatic N) is 3. The van der Waals surface area contributed by atoms with Gasteiger partial charge in [-0.15, -0.1) is 0 Å². The second kappa shape index (κ2) is 20.7. The lowest BCUT2D eigenvalue weighted by Crippen LogP contribution is -2.30. The monoisotopic (exact) mass is 449 g/mol. The van der Waals surface area contributed by atoms with Gasteiger partial charge < -0.3 is 10.1 Å². The Labute approximate surface area is 194 Å². The van der Waals surface area contributed by atoms with Crippen LogP contribution >= 0.6 is 0 Å². The van der Waals surface area contributed by atoms with Crippen molar-refractivity contribution in [2.45, 2.75) is 110 Å². The first-order valence-corrected chi connectivity index (χ1v) is 12.8. The highest BCUT2D eigenvalue weighted by Gasteiger charge is 2.04. The maximum atomic E-state index is 11.6. The van der Waals surface area contributed by atoms with E-state index < -0.39 is 0 Å². The highest BCUT2D eigenvalue weighted by Crippen LogP contribution is 2.05. The molecule has 0 aliphatic carbocycles. The third kappa shape index (κ3) is 16.5. The van der Waals surface area contributed by atoms with Gasteiger partial charge >= 0.3 is 6.09 Å². The van der Waals surface area contributed by atoms with Crippen molar-refractivity contribution in [3.05, 3.63) is 18.7 Å². The summed E-state index contributed by atoms with van der Waals surface area (Å²) in [6.07, 6.45) is 23.9. The van der Waals surface area contributed by atoms with E-state index >= 15 is 0 Å². The first-order chi connectivity index (χ1) is 15.8. The van der Waals surface area contributed by atoms with Gasteiger partial charge in [-0.25, -0.2) is 23.7 Å². The van der Waals surface area contributed by atoms with E-state index in [0.717, 1.165) is 64.5 Å². The minimum atomic E-state index is -0.321. The first kappa shape index (κ1) is 27.9. The molecule has 1 aromatic heterocycles. The lowest BCUT2D eigenvalue weighted by Gasteiger charge is -2.06. The summed E-state index contributed by atoms with van der Waals surface area (Å²) in [6, 6.07) is 0. The summed E-state index contributed by atoms with van der Waals surface area (Å²) in [5.41, 5.74) is 0. The van der Waals surface area contributed by atoms with Gasteiger partial charge in [-0.1, -0.05) is 45.4 Å². The van der Waals surface area contributed by atoms with E-state index in [1.54, 1.807) is 0 Å². The zero-order chi connectivity index (χ0) is 23.1. The Balaban J connectivity index is 1.89. The molecule has 32 heavy (non-hydrogen) atoms. The predicted octanol–water partition coefficient (Wildman–Crippen LogP) is 5.32. The molecule has 1 rings (SSSR count). The number of hydrogen-bond acceptors (Lipinski definition) is 4. The van der Waals surface area contributed by atoms with Crippen LogP contribution in [0.2, 0.25) is 0 Å². The number of isocyanates is 1. The van der Waals surface area contributed by atoms with Crippen molar-refractivity contribution in [3.8, 4) is 0 Å². The number of carbonyl (C=O) groups is 1. The van der Waals surface area contributed by atoms with Gasteiger partial charge in [0.05, 0.1) is 26.2 Å². The molecular formula is C25H45N4O3+. The van der Waals surface area contributed by atoms with Crippen LogP contribution in [0.1, 0.15) is 96.8 Å². The van der Waals surface area contributed by atoms with Crippen molar-refractivity contribution < 1.29 is 18.9 Å². The molecule has 1 heterocycles. The number of imidazole rings is 1. The average molecular weight is 450 g/mol. The highest BCUT2D eigenvalue weighted by molar-refractivity contribution is 5.66. The number of aryl methyl sites for hydroxylation is 2. The molecule has 0 spiro atoms. The van der Waals surface area contributed by atoms with Crippen LogP contribution in [0.3, 0.4) is 0 Å². The molecule has 0 aliphatic rings. The Hall–Kier alpha value is -2.14. The van der Waals surface area contributed by atoms with Crippen LogP contribution in [0, 0.1) is 0 Å². The van der Waals surface area contributed by atoms with E-state index in [-0.39, 0.29) is 6.09 Å². The van der Waals surface area contributed by atoms with Crippen LogP contribution in [-0.2, 0) is 22.6 Å². The number of amides is 1. The number of nitrogens with one attached hydrogen (secondary N) is 1. The molecule has 0 saturated carbocycles. The van der Waals surface area contributed by atoms with Gasteiger partial charge in [0.2, 0.25) is 12.4 Å². The summed E-state index contributed by atoms with van der Waals surface area (Å²) >= 11 is 0. The molecule has 7 heteroatoms. The fourth-order valence-electron chi connectivity index (χ4n) is 3.65. The van der Waals surface area contributed by atoms with E-state index in [2.05, 4.69) is 45.1 Å². The number of alkyl carbamates (subject to hydrolysis) is 1. The molecule has 0 saturated heterocycles. The van der Waals surface area contributed by atoms with Crippen LogP contribution in [0.5, 0.6) is 0 Å². The van der Waals surface area contributed by atoms with Gasteiger partial charge in [0.15, 0.2) is 0 Å². The van der Waals surface area contributed by atoms with Crippen LogP contribution in [0.25, 0.3) is 0 Å². The van der Waals surface area contributed by atoms with Gasteiger partial charge in [-0.2, -0.15) is 0 Å². The van der Waals surface area contributed by atoms with E-state index in [9.17, 15) is 9.59 Å². The SMILES string of the molecule is CCCCCCCC[n+]1ccn(CCCCCCOC(=O)NCCCCCCN=C=O)c1. The fourth-order valence-corrected chi connectivity index (χ4v) is 3.65. The largest absolute Gasteiger partial charge is 0.450 e. The fraction of sp³-hybridized carbons (Fsp3) is 0.800. The normalized spacial score (nSPS) is 10.7. The van der Waals surface area contributed by atoms with E-state index in [1.807, 2.05) is 0 Å². The molecule has 0 aliphatic heterocycles. The number of rotatable bonds is 21.